The summed E-state index contributed by atoms with van der Waals surface area (Å²) in [6, 6.07) is 12.7. The highest BCUT2D eigenvalue weighted by atomic mass is 35.5. The van der Waals surface area contributed by atoms with E-state index >= 15 is 0 Å². The van der Waals surface area contributed by atoms with Crippen molar-refractivity contribution >= 4 is 24.1 Å². The van der Waals surface area contributed by atoms with Gasteiger partial charge in [-0.25, -0.2) is 0 Å². The molecule has 1 heterocycles. The van der Waals surface area contributed by atoms with Crippen LogP contribution in [0.2, 0.25) is 0 Å². The predicted octanol–water partition coefficient (Wildman–Crippen LogP) is 3.37. The number of amidine groups is 1. The number of hydrogen-bond acceptors (Lipinski definition) is 3. The van der Waals surface area contributed by atoms with Crippen LogP contribution >= 0.6 is 12.4 Å². The fraction of sp³-hybridized carbons (Fsp3) is 0.273. The minimum Gasteiger partial charge on any atom is -0.481 e. The second-order valence-electron chi connectivity index (χ2n) is 6.56. The number of nitrogens with zero attached hydrogens (tertiary/aromatic N) is 1. The third kappa shape index (κ3) is 5.28. The predicted molar refractivity (Wildman–Crippen MR) is 113 cm³/mol. The average Bonchev–Trinajstić information content (AvgIpc) is 3.20. The van der Waals surface area contributed by atoms with Crippen LogP contribution in [0.15, 0.2) is 42.5 Å². The molecule has 6 heteroatoms. The molecule has 2 aromatic carbocycles. The molecule has 3 rings (SSSR count). The number of halogens is 1. The van der Waals surface area contributed by atoms with Crippen LogP contribution in [-0.2, 0) is 0 Å². The summed E-state index contributed by atoms with van der Waals surface area (Å²) in [5.41, 5.74) is 8.64. The fourth-order valence-electron chi connectivity index (χ4n) is 3.08. The minimum atomic E-state index is 0. The topological polar surface area (TPSA) is 79.4 Å². The van der Waals surface area contributed by atoms with Gasteiger partial charge in [0.1, 0.15) is 18.2 Å². The summed E-state index contributed by atoms with van der Waals surface area (Å²) < 4.78 is 5.59. The summed E-state index contributed by atoms with van der Waals surface area (Å²) in [5, 5.41) is 7.45. The molecule has 0 aromatic heterocycles. The molecule has 28 heavy (non-hydrogen) atoms. The Labute approximate surface area is 171 Å². The van der Waals surface area contributed by atoms with Crippen LogP contribution < -0.4 is 10.5 Å². The average molecular weight is 398 g/mol. The maximum Gasteiger partial charge on any atom is 0.254 e. The molecule has 0 unspecified atom stereocenters. The lowest BCUT2D eigenvalue weighted by Crippen LogP contribution is -2.28. The number of likely N-dealkylation sites (tertiary alicyclic amines) is 1. The number of aryl methyl sites for hydroxylation is 1. The molecular weight excluding hydrogens is 374 g/mol. The van der Waals surface area contributed by atoms with Gasteiger partial charge in [-0.05, 0) is 55.7 Å². The van der Waals surface area contributed by atoms with E-state index in [1.807, 2.05) is 30.0 Å². The molecule has 3 N–H and O–H groups in total. The summed E-state index contributed by atoms with van der Waals surface area (Å²) in [6.45, 7) is 3.87. The number of benzene rings is 2. The second kappa shape index (κ2) is 9.82. The minimum absolute atomic E-state index is 0. The molecule has 0 spiro atoms. The molecule has 5 nitrogen and oxygen atoms in total. The first-order chi connectivity index (χ1) is 13.0. The zero-order chi connectivity index (χ0) is 19.2. The van der Waals surface area contributed by atoms with Crippen molar-refractivity contribution in [3.63, 3.8) is 0 Å². The lowest BCUT2D eigenvalue weighted by molar-refractivity contribution is 0.0792. The number of rotatable bonds is 4. The van der Waals surface area contributed by atoms with Crippen LogP contribution in [0.25, 0.3) is 0 Å². The van der Waals surface area contributed by atoms with Crippen molar-refractivity contribution in [1.82, 2.24) is 4.90 Å². The third-order valence-electron chi connectivity index (χ3n) is 4.54. The van der Waals surface area contributed by atoms with Gasteiger partial charge in [-0.15, -0.1) is 12.4 Å². The van der Waals surface area contributed by atoms with Gasteiger partial charge in [0, 0.05) is 29.8 Å². The van der Waals surface area contributed by atoms with Crippen molar-refractivity contribution < 1.29 is 9.53 Å². The van der Waals surface area contributed by atoms with E-state index in [4.69, 9.17) is 15.9 Å². The van der Waals surface area contributed by atoms with Crippen molar-refractivity contribution in [2.45, 2.75) is 19.8 Å². The molecular formula is C22H24ClN3O2. The molecule has 1 aliphatic rings. The van der Waals surface area contributed by atoms with Gasteiger partial charge >= 0.3 is 0 Å². The van der Waals surface area contributed by atoms with Gasteiger partial charge in [0.15, 0.2) is 0 Å². The van der Waals surface area contributed by atoms with E-state index in [0.29, 0.717) is 11.3 Å². The zero-order valence-electron chi connectivity index (χ0n) is 15.8. The van der Waals surface area contributed by atoms with E-state index in [0.717, 1.165) is 42.6 Å². The molecule has 2 aromatic rings. The van der Waals surface area contributed by atoms with E-state index < -0.39 is 0 Å². The number of nitrogens with two attached hydrogens (primary N) is 1. The van der Waals surface area contributed by atoms with Crippen molar-refractivity contribution in [3.8, 4) is 17.6 Å². The van der Waals surface area contributed by atoms with Crippen LogP contribution in [0.4, 0.5) is 0 Å². The first kappa shape index (κ1) is 21.3. The molecule has 1 amide bonds. The Balaban J connectivity index is 0.00000280. The number of hydrogen-bond donors (Lipinski definition) is 2. The molecule has 1 fully saturated rings. The van der Waals surface area contributed by atoms with Crippen molar-refractivity contribution in [2.24, 2.45) is 5.73 Å². The Morgan fingerprint density at radius 1 is 1.21 bits per heavy atom. The van der Waals surface area contributed by atoms with Gasteiger partial charge in [-0.3, -0.25) is 10.2 Å². The number of carbonyl (C=O) groups excluding carboxylic acids is 1. The van der Waals surface area contributed by atoms with E-state index in [1.165, 1.54) is 0 Å². The summed E-state index contributed by atoms with van der Waals surface area (Å²) in [5.74, 6) is 6.78. The fourth-order valence-corrected chi connectivity index (χ4v) is 3.08. The molecule has 1 saturated heterocycles. The highest BCUT2D eigenvalue weighted by molar-refractivity contribution is 5.96. The van der Waals surface area contributed by atoms with Crippen LogP contribution in [-0.4, -0.2) is 36.3 Å². The first-order valence-corrected chi connectivity index (χ1v) is 9.00. The van der Waals surface area contributed by atoms with Gasteiger partial charge in [0.05, 0.1) is 0 Å². The molecule has 0 saturated carbocycles. The van der Waals surface area contributed by atoms with Crippen LogP contribution in [0.5, 0.6) is 5.75 Å². The quantitative estimate of drug-likeness (QED) is 0.471. The number of amides is 1. The molecule has 0 atom stereocenters. The molecule has 0 bridgehead atoms. The van der Waals surface area contributed by atoms with E-state index in [9.17, 15) is 4.79 Å². The number of nitrogen functional groups attached to an aromatic ring is 1. The standard InChI is InChI=1S/C22H23N3O2.ClH/c1-16-14-17(9-10-20(16)22(26)25-11-2-3-12-25)6-5-13-27-19-8-4-7-18(15-19)21(23)24;/h4,7-10,14-15H,2-3,11-13H2,1H3,(H3,23,24);1H. The lowest BCUT2D eigenvalue weighted by Gasteiger charge is -2.16. The molecule has 0 aliphatic carbocycles. The summed E-state index contributed by atoms with van der Waals surface area (Å²) in [4.78, 5) is 14.4. The maximum atomic E-state index is 12.5. The van der Waals surface area contributed by atoms with Gasteiger partial charge < -0.3 is 15.4 Å². The Morgan fingerprint density at radius 2 is 1.96 bits per heavy atom. The number of carbonyl (C=O) groups is 1. The largest absolute Gasteiger partial charge is 0.481 e. The first-order valence-electron chi connectivity index (χ1n) is 9.00. The van der Waals surface area contributed by atoms with Gasteiger partial charge in [0.25, 0.3) is 5.91 Å². The van der Waals surface area contributed by atoms with Crippen molar-refractivity contribution in [1.29, 1.82) is 5.41 Å². The summed E-state index contributed by atoms with van der Waals surface area (Å²) >= 11 is 0. The molecule has 146 valence electrons. The van der Waals surface area contributed by atoms with Gasteiger partial charge in [0.2, 0.25) is 0 Å². The highest BCUT2D eigenvalue weighted by Gasteiger charge is 2.20. The van der Waals surface area contributed by atoms with Gasteiger partial charge in [-0.2, -0.15) is 0 Å². The zero-order valence-corrected chi connectivity index (χ0v) is 16.6. The highest BCUT2D eigenvalue weighted by Crippen LogP contribution is 2.17. The Bertz CT molecular complexity index is 925. The maximum absolute atomic E-state index is 12.5. The van der Waals surface area contributed by atoms with Gasteiger partial charge in [-0.1, -0.05) is 24.0 Å². The smallest absolute Gasteiger partial charge is 0.254 e. The van der Waals surface area contributed by atoms with E-state index in [1.54, 1.807) is 24.3 Å². The van der Waals surface area contributed by atoms with Crippen molar-refractivity contribution in [2.75, 3.05) is 19.7 Å². The third-order valence-corrected chi connectivity index (χ3v) is 4.54. The van der Waals surface area contributed by atoms with Crippen LogP contribution in [0.1, 0.15) is 39.9 Å². The van der Waals surface area contributed by atoms with E-state index in [-0.39, 0.29) is 30.8 Å². The Hall–Kier alpha value is -2.97. The Morgan fingerprint density at radius 3 is 2.64 bits per heavy atom. The normalized spacial score (nSPS) is 12.5. The lowest BCUT2D eigenvalue weighted by atomic mass is 10.0. The molecule has 0 radical (unpaired) electrons. The van der Waals surface area contributed by atoms with Crippen LogP contribution in [0, 0.1) is 24.2 Å². The van der Waals surface area contributed by atoms with E-state index in [2.05, 4.69) is 11.8 Å². The number of ether oxygens (including phenoxy) is 1. The van der Waals surface area contributed by atoms with Crippen LogP contribution in [0.3, 0.4) is 0 Å². The summed E-state index contributed by atoms with van der Waals surface area (Å²) in [7, 11) is 0. The second-order valence-corrected chi connectivity index (χ2v) is 6.56. The van der Waals surface area contributed by atoms with Crippen molar-refractivity contribution in [3.05, 3.63) is 64.7 Å². The Kier molecular flexibility index (Phi) is 7.48. The summed E-state index contributed by atoms with van der Waals surface area (Å²) in [6.07, 6.45) is 2.17. The molecule has 1 aliphatic heterocycles. The SMILES string of the molecule is Cc1cc(C#CCOc2cccc(C(=N)N)c2)ccc1C(=O)N1CCCC1.Cl. The monoisotopic (exact) mass is 397 g/mol. The number of nitrogens with one attached hydrogen (secondary N) is 1.